The molecular weight excluding hydrogens is 342 g/mol. The van der Waals surface area contributed by atoms with Crippen LogP contribution in [0.2, 0.25) is 0 Å². The normalized spacial score (nSPS) is 18.6. The fourth-order valence-electron chi connectivity index (χ4n) is 3.44. The van der Waals surface area contributed by atoms with E-state index < -0.39 is 5.60 Å². The maximum absolute atomic E-state index is 6.12. The van der Waals surface area contributed by atoms with Gasteiger partial charge in [0.05, 0.1) is 11.7 Å². The number of benzene rings is 1. The molecule has 1 aliphatic heterocycles. The first-order valence-corrected chi connectivity index (χ1v) is 9.37. The lowest BCUT2D eigenvalue weighted by Gasteiger charge is -2.31. The van der Waals surface area contributed by atoms with Crippen molar-refractivity contribution in [2.24, 2.45) is 0 Å². The third-order valence-corrected chi connectivity index (χ3v) is 4.62. The van der Waals surface area contributed by atoms with Gasteiger partial charge in [0.1, 0.15) is 17.2 Å². The molecule has 27 heavy (non-hydrogen) atoms. The quantitative estimate of drug-likeness (QED) is 0.772. The summed E-state index contributed by atoms with van der Waals surface area (Å²) in [6.45, 7) is 10.8. The summed E-state index contributed by atoms with van der Waals surface area (Å²) in [5.41, 5.74) is 13.4. The minimum absolute atomic E-state index is 0.145. The van der Waals surface area contributed by atoms with Crippen LogP contribution in [0.15, 0.2) is 24.3 Å². The number of anilines is 2. The van der Waals surface area contributed by atoms with E-state index in [0.717, 1.165) is 30.9 Å². The molecule has 0 aliphatic carbocycles. The molecule has 7 heteroatoms. The highest BCUT2D eigenvalue weighted by Gasteiger charge is 2.39. The average molecular weight is 371 g/mol. The molecule has 0 bridgehead atoms. The number of likely N-dealkylation sites (N-methyl/N-ethyl adjacent to an activating group) is 1. The number of aromatic nitrogens is 2. The molecule has 1 aliphatic rings. The predicted octanol–water partition coefficient (Wildman–Crippen LogP) is 2.64. The average Bonchev–Trinajstić information content (AvgIpc) is 2.92. The summed E-state index contributed by atoms with van der Waals surface area (Å²) in [5.74, 6) is 1.95. The molecule has 0 amide bonds. The fraction of sp³-hybridized carbons (Fsp3) is 0.500. The van der Waals surface area contributed by atoms with E-state index in [4.69, 9.17) is 20.9 Å². The molecule has 0 saturated heterocycles. The predicted molar refractivity (Wildman–Crippen MR) is 107 cm³/mol. The molecule has 2 aromatic rings. The lowest BCUT2D eigenvalue weighted by atomic mass is 9.99. The van der Waals surface area contributed by atoms with Gasteiger partial charge in [-0.25, -0.2) is 0 Å². The summed E-state index contributed by atoms with van der Waals surface area (Å²) in [7, 11) is 0. The molecule has 1 atom stereocenters. The van der Waals surface area contributed by atoms with E-state index in [9.17, 15) is 0 Å². The van der Waals surface area contributed by atoms with E-state index in [-0.39, 0.29) is 12.1 Å². The third-order valence-electron chi connectivity index (χ3n) is 4.62. The van der Waals surface area contributed by atoms with Crippen LogP contribution < -0.4 is 20.9 Å². The molecular formula is C20H29N5O2. The van der Waals surface area contributed by atoms with Crippen LogP contribution in [0.3, 0.4) is 0 Å². The summed E-state index contributed by atoms with van der Waals surface area (Å²) >= 11 is 0. The van der Waals surface area contributed by atoms with Crippen molar-refractivity contribution in [2.45, 2.75) is 52.4 Å². The maximum Gasteiger partial charge on any atom is 0.225 e. The van der Waals surface area contributed by atoms with Gasteiger partial charge >= 0.3 is 0 Å². The van der Waals surface area contributed by atoms with Crippen molar-refractivity contribution in [3.05, 3.63) is 35.4 Å². The Labute approximate surface area is 160 Å². The third kappa shape index (κ3) is 4.60. The summed E-state index contributed by atoms with van der Waals surface area (Å²) in [6.07, 6.45) is 0.847. The summed E-state index contributed by atoms with van der Waals surface area (Å²) in [4.78, 5) is 10.6. The maximum atomic E-state index is 6.12. The molecule has 0 radical (unpaired) electrons. The number of nitrogen functional groups attached to an aromatic ring is 2. The topological polar surface area (TPSA) is 99.5 Å². The van der Waals surface area contributed by atoms with E-state index >= 15 is 0 Å². The van der Waals surface area contributed by atoms with Crippen LogP contribution in [0, 0.1) is 0 Å². The number of hydrogen-bond donors (Lipinski definition) is 2. The Hall–Kier alpha value is -2.54. The first-order valence-electron chi connectivity index (χ1n) is 9.37. The Balaban J connectivity index is 1.66. The number of nitrogens with two attached hydrogens (primary N) is 2. The Morgan fingerprint density at radius 1 is 1.22 bits per heavy atom. The van der Waals surface area contributed by atoms with Crippen LogP contribution in [0.1, 0.15) is 38.8 Å². The number of hydrogen-bond acceptors (Lipinski definition) is 7. The Kier molecular flexibility index (Phi) is 5.41. The van der Waals surface area contributed by atoms with E-state index in [0.29, 0.717) is 18.1 Å². The Morgan fingerprint density at radius 3 is 2.56 bits per heavy atom. The van der Waals surface area contributed by atoms with Gasteiger partial charge in [-0.15, -0.1) is 0 Å². The van der Waals surface area contributed by atoms with Crippen molar-refractivity contribution in [1.29, 1.82) is 0 Å². The molecule has 1 aromatic heterocycles. The van der Waals surface area contributed by atoms with Gasteiger partial charge in [-0.2, -0.15) is 9.97 Å². The van der Waals surface area contributed by atoms with Crippen LogP contribution in [-0.2, 0) is 13.0 Å². The van der Waals surface area contributed by atoms with Crippen LogP contribution in [-0.4, -0.2) is 39.7 Å². The molecule has 0 unspecified atom stereocenters. The molecule has 0 saturated carbocycles. The van der Waals surface area contributed by atoms with Gasteiger partial charge in [0.15, 0.2) is 0 Å². The molecule has 7 nitrogen and oxygen atoms in total. The lowest BCUT2D eigenvalue weighted by Crippen LogP contribution is -2.44. The fourth-order valence-corrected chi connectivity index (χ4v) is 3.44. The summed E-state index contributed by atoms with van der Waals surface area (Å²) in [6, 6.07) is 8.26. The number of nitrogens with zero attached hydrogens (tertiary/aromatic N) is 3. The number of rotatable bonds is 7. The smallest absolute Gasteiger partial charge is 0.225 e. The molecule has 1 aromatic carbocycles. The molecule has 2 heterocycles. The molecule has 146 valence electrons. The molecule has 0 fully saturated rings. The monoisotopic (exact) mass is 371 g/mol. The van der Waals surface area contributed by atoms with Gasteiger partial charge in [-0.3, -0.25) is 4.90 Å². The van der Waals surface area contributed by atoms with E-state index in [1.54, 1.807) is 0 Å². The number of ether oxygens (including phenoxy) is 2. The summed E-state index contributed by atoms with van der Waals surface area (Å²) in [5, 5.41) is 0. The van der Waals surface area contributed by atoms with Crippen molar-refractivity contribution >= 4 is 11.8 Å². The van der Waals surface area contributed by atoms with Gasteiger partial charge in [0, 0.05) is 19.5 Å². The van der Waals surface area contributed by atoms with Gasteiger partial charge in [0.25, 0.3) is 0 Å². The van der Waals surface area contributed by atoms with Gasteiger partial charge in [-0.05, 0) is 45.0 Å². The minimum Gasteiger partial charge on any atom is -0.491 e. The number of fused-ring (bicyclic) bond motifs is 1. The molecule has 4 N–H and O–H groups in total. The zero-order chi connectivity index (χ0) is 19.6. The van der Waals surface area contributed by atoms with Crippen molar-refractivity contribution in [2.75, 3.05) is 24.6 Å². The SMILES string of the molecule is CCN(Cc1ccc(OC(C)C)cc1)C[C@@]1(C)Cc2c(N)nc(N)nc2O1. The second-order valence-corrected chi connectivity index (χ2v) is 7.59. The Morgan fingerprint density at radius 2 is 1.93 bits per heavy atom. The van der Waals surface area contributed by atoms with Gasteiger partial charge in [0.2, 0.25) is 11.8 Å². The highest BCUT2D eigenvalue weighted by atomic mass is 16.5. The first kappa shape index (κ1) is 19.2. The summed E-state index contributed by atoms with van der Waals surface area (Å²) < 4.78 is 11.8. The van der Waals surface area contributed by atoms with E-state index in [1.807, 2.05) is 26.0 Å². The second kappa shape index (κ2) is 7.60. The lowest BCUT2D eigenvalue weighted by molar-refractivity contribution is 0.0591. The van der Waals surface area contributed by atoms with Crippen LogP contribution in [0.5, 0.6) is 11.6 Å². The zero-order valence-electron chi connectivity index (χ0n) is 16.5. The minimum atomic E-state index is -0.407. The van der Waals surface area contributed by atoms with Gasteiger partial charge in [-0.1, -0.05) is 19.1 Å². The van der Waals surface area contributed by atoms with E-state index in [1.165, 1.54) is 5.56 Å². The standard InChI is InChI=1S/C20H29N5O2/c1-5-25(11-14-6-8-15(9-7-14)26-13(2)3)12-20(4)10-16-17(21)23-19(22)24-18(16)27-20/h6-9,13H,5,10-12H2,1-4H3,(H4,21,22,23,24)/t20-/m1/s1. The van der Waals surface area contributed by atoms with Crippen molar-refractivity contribution in [3.8, 4) is 11.6 Å². The van der Waals surface area contributed by atoms with Crippen molar-refractivity contribution < 1.29 is 9.47 Å². The highest BCUT2D eigenvalue weighted by Crippen LogP contribution is 2.37. The first-order chi connectivity index (χ1) is 12.8. The van der Waals surface area contributed by atoms with Crippen LogP contribution in [0.4, 0.5) is 11.8 Å². The zero-order valence-corrected chi connectivity index (χ0v) is 16.5. The second-order valence-electron chi connectivity index (χ2n) is 7.59. The van der Waals surface area contributed by atoms with Crippen LogP contribution in [0.25, 0.3) is 0 Å². The largest absolute Gasteiger partial charge is 0.491 e. The van der Waals surface area contributed by atoms with Crippen molar-refractivity contribution in [1.82, 2.24) is 14.9 Å². The Bertz CT molecular complexity index is 794. The van der Waals surface area contributed by atoms with Crippen LogP contribution >= 0.6 is 0 Å². The van der Waals surface area contributed by atoms with E-state index in [2.05, 4.69) is 40.8 Å². The van der Waals surface area contributed by atoms with Crippen molar-refractivity contribution in [3.63, 3.8) is 0 Å². The molecule has 3 rings (SSSR count). The molecule has 0 spiro atoms. The highest BCUT2D eigenvalue weighted by molar-refractivity contribution is 5.52. The van der Waals surface area contributed by atoms with Gasteiger partial charge < -0.3 is 20.9 Å².